The van der Waals surface area contributed by atoms with Gasteiger partial charge in [0.1, 0.15) is 5.52 Å². The van der Waals surface area contributed by atoms with Gasteiger partial charge >= 0.3 is 0 Å². The van der Waals surface area contributed by atoms with Crippen LogP contribution < -0.4 is 14.2 Å². The van der Waals surface area contributed by atoms with Crippen LogP contribution in [0.5, 0.6) is 17.2 Å². The first kappa shape index (κ1) is 20.2. The summed E-state index contributed by atoms with van der Waals surface area (Å²) >= 11 is 0. The van der Waals surface area contributed by atoms with Crippen LogP contribution in [-0.4, -0.2) is 42.1 Å². The van der Waals surface area contributed by atoms with E-state index in [0.717, 1.165) is 24.8 Å². The molecule has 0 radical (unpaired) electrons. The van der Waals surface area contributed by atoms with Gasteiger partial charge in [0.15, 0.2) is 22.9 Å². The molecular weight excluding hydrogens is 382 g/mol. The Kier molecular flexibility index (Phi) is 5.13. The van der Waals surface area contributed by atoms with E-state index in [9.17, 15) is 4.79 Å². The number of nitrogens with zero attached hydrogens (tertiary/aromatic N) is 2. The number of carbonyl (C=O) groups excluding carboxylic acids is 1. The molecule has 30 heavy (non-hydrogen) atoms. The van der Waals surface area contributed by atoms with Gasteiger partial charge < -0.3 is 19.2 Å². The van der Waals surface area contributed by atoms with Gasteiger partial charge in [0.25, 0.3) is 0 Å². The topological polar surface area (TPSA) is 86.3 Å². The first-order valence-corrected chi connectivity index (χ1v) is 10.1. The number of ether oxygens (including phenoxy) is 3. The van der Waals surface area contributed by atoms with E-state index in [4.69, 9.17) is 19.2 Å². The number of ketones is 1. The van der Waals surface area contributed by atoms with Gasteiger partial charge in [-0.05, 0) is 30.9 Å². The highest BCUT2D eigenvalue weighted by Crippen LogP contribution is 2.46. The van der Waals surface area contributed by atoms with Crippen LogP contribution >= 0.6 is 0 Å². The molecule has 4 rings (SSSR count). The highest BCUT2D eigenvalue weighted by atomic mass is 16.5. The van der Waals surface area contributed by atoms with Gasteiger partial charge in [0.2, 0.25) is 5.75 Å². The second-order valence-corrected chi connectivity index (χ2v) is 8.11. The number of hydrogen-bond acceptors (Lipinski definition) is 6. The molecular formula is C23H27N3O4. The maximum atomic E-state index is 13.4. The van der Waals surface area contributed by atoms with Crippen molar-refractivity contribution in [1.29, 1.82) is 0 Å². The van der Waals surface area contributed by atoms with E-state index in [1.165, 1.54) is 0 Å². The van der Waals surface area contributed by atoms with Gasteiger partial charge in [0, 0.05) is 17.2 Å². The van der Waals surface area contributed by atoms with E-state index in [1.807, 2.05) is 12.1 Å². The first-order chi connectivity index (χ1) is 14.4. The smallest absolute Gasteiger partial charge is 0.203 e. The summed E-state index contributed by atoms with van der Waals surface area (Å²) in [5.74, 6) is 2.06. The van der Waals surface area contributed by atoms with Gasteiger partial charge in [-0.3, -0.25) is 4.79 Å². The molecule has 0 aliphatic heterocycles. The van der Waals surface area contributed by atoms with Crippen LogP contribution in [0.2, 0.25) is 0 Å². The lowest BCUT2D eigenvalue weighted by atomic mass is 9.75. The van der Waals surface area contributed by atoms with E-state index in [1.54, 1.807) is 33.7 Å². The fourth-order valence-electron chi connectivity index (χ4n) is 4.42. The molecule has 1 aromatic carbocycles. The third kappa shape index (κ3) is 3.09. The second-order valence-electron chi connectivity index (χ2n) is 8.11. The molecule has 1 aliphatic rings. The number of nitrogens with one attached hydrogen (secondary N) is 1. The van der Waals surface area contributed by atoms with Crippen LogP contribution in [0.3, 0.4) is 0 Å². The third-order valence-corrected chi connectivity index (χ3v) is 6.53. The monoisotopic (exact) mass is 409 g/mol. The highest BCUT2D eigenvalue weighted by molar-refractivity contribution is 6.09. The van der Waals surface area contributed by atoms with Crippen molar-refractivity contribution in [3.8, 4) is 28.5 Å². The third-order valence-electron chi connectivity index (χ3n) is 6.53. The fraction of sp³-hybridized carbons (Fsp3) is 0.435. The van der Waals surface area contributed by atoms with Crippen molar-refractivity contribution in [2.75, 3.05) is 21.3 Å². The van der Waals surface area contributed by atoms with Crippen molar-refractivity contribution in [1.82, 2.24) is 15.0 Å². The molecule has 2 unspecified atom stereocenters. The standard InChI is InChI=1S/C23H27N3O4/c1-13-7-6-8-23(13,2)21(27)15-11-24-22-19(15)26-16(12-25-22)14-9-17(28-3)20(30-5)18(10-14)29-4/h9-13H,6-8H2,1-5H3,(H,24,25). The minimum absolute atomic E-state index is 0.134. The van der Waals surface area contributed by atoms with Gasteiger partial charge in [0.05, 0.1) is 38.8 Å². The average Bonchev–Trinajstić information content (AvgIpc) is 3.35. The SMILES string of the molecule is COc1cc(-c2cnc3[nH]cc(C(=O)C4(C)CCCC4C)c3n2)cc(OC)c1OC. The molecule has 1 saturated carbocycles. The van der Waals surface area contributed by atoms with Gasteiger partial charge in [-0.25, -0.2) is 9.97 Å². The summed E-state index contributed by atoms with van der Waals surface area (Å²) in [6, 6.07) is 3.65. The lowest BCUT2D eigenvalue weighted by Gasteiger charge is -2.27. The molecule has 2 aromatic heterocycles. The summed E-state index contributed by atoms with van der Waals surface area (Å²) in [5.41, 5.74) is 2.82. The van der Waals surface area contributed by atoms with Crippen molar-refractivity contribution in [3.63, 3.8) is 0 Å². The summed E-state index contributed by atoms with van der Waals surface area (Å²) in [6.45, 7) is 4.23. The largest absolute Gasteiger partial charge is 0.493 e. The Morgan fingerprint density at radius 1 is 1.17 bits per heavy atom. The van der Waals surface area contributed by atoms with E-state index >= 15 is 0 Å². The molecule has 2 atom stereocenters. The van der Waals surface area contributed by atoms with Crippen molar-refractivity contribution in [2.24, 2.45) is 11.3 Å². The Hall–Kier alpha value is -3.09. The predicted octanol–water partition coefficient (Wildman–Crippen LogP) is 4.66. The van der Waals surface area contributed by atoms with Crippen LogP contribution in [0.1, 0.15) is 43.5 Å². The number of carbonyl (C=O) groups is 1. The molecule has 0 bridgehead atoms. The lowest BCUT2D eigenvalue weighted by Crippen LogP contribution is -2.30. The zero-order valence-corrected chi connectivity index (χ0v) is 18.0. The average molecular weight is 409 g/mol. The predicted molar refractivity (Wildman–Crippen MR) is 114 cm³/mol. The number of aromatic nitrogens is 3. The second kappa shape index (κ2) is 7.63. The number of hydrogen-bond donors (Lipinski definition) is 1. The number of aromatic amines is 1. The Bertz CT molecular complexity index is 1080. The first-order valence-electron chi connectivity index (χ1n) is 10.1. The van der Waals surface area contributed by atoms with E-state index < -0.39 is 0 Å². The maximum Gasteiger partial charge on any atom is 0.203 e. The van der Waals surface area contributed by atoms with Crippen molar-refractivity contribution < 1.29 is 19.0 Å². The molecule has 0 spiro atoms. The number of rotatable bonds is 6. The highest BCUT2D eigenvalue weighted by Gasteiger charge is 2.43. The molecule has 1 N–H and O–H groups in total. The zero-order valence-electron chi connectivity index (χ0n) is 18.0. The summed E-state index contributed by atoms with van der Waals surface area (Å²) in [6.07, 6.45) is 6.47. The Balaban J connectivity index is 1.81. The molecule has 1 aliphatic carbocycles. The van der Waals surface area contributed by atoms with Gasteiger partial charge in [-0.1, -0.05) is 20.3 Å². The van der Waals surface area contributed by atoms with Gasteiger partial charge in [-0.2, -0.15) is 0 Å². The lowest BCUT2D eigenvalue weighted by molar-refractivity contribution is 0.0767. The number of methoxy groups -OCH3 is 3. The molecule has 1 fully saturated rings. The van der Waals surface area contributed by atoms with E-state index in [0.29, 0.717) is 45.6 Å². The van der Waals surface area contributed by atoms with Gasteiger partial charge in [-0.15, -0.1) is 0 Å². The summed E-state index contributed by atoms with van der Waals surface area (Å²) in [5, 5.41) is 0. The van der Waals surface area contributed by atoms with E-state index in [-0.39, 0.29) is 11.2 Å². The Labute approximate surface area is 175 Å². The molecule has 0 saturated heterocycles. The quantitative estimate of drug-likeness (QED) is 0.596. The molecule has 158 valence electrons. The number of H-pyrrole nitrogens is 1. The molecule has 7 nitrogen and oxygen atoms in total. The van der Waals surface area contributed by atoms with Crippen LogP contribution in [0, 0.1) is 11.3 Å². The molecule has 3 aromatic rings. The number of Topliss-reactive ketones (excluding diaryl/α,β-unsaturated/α-hetero) is 1. The Morgan fingerprint density at radius 2 is 1.87 bits per heavy atom. The molecule has 2 heterocycles. The summed E-state index contributed by atoms with van der Waals surface area (Å²) in [7, 11) is 4.71. The van der Waals surface area contributed by atoms with Crippen LogP contribution in [0.4, 0.5) is 0 Å². The van der Waals surface area contributed by atoms with Crippen molar-refractivity contribution in [3.05, 3.63) is 30.1 Å². The normalized spacial score (nSPS) is 21.0. The van der Waals surface area contributed by atoms with Crippen molar-refractivity contribution in [2.45, 2.75) is 33.1 Å². The van der Waals surface area contributed by atoms with Crippen LogP contribution in [0.25, 0.3) is 22.4 Å². The van der Waals surface area contributed by atoms with Crippen molar-refractivity contribution >= 4 is 16.9 Å². The zero-order chi connectivity index (χ0) is 21.5. The molecule has 7 heteroatoms. The van der Waals surface area contributed by atoms with Crippen LogP contribution in [0.15, 0.2) is 24.5 Å². The summed E-state index contributed by atoms with van der Waals surface area (Å²) in [4.78, 5) is 25.8. The molecule has 0 amide bonds. The van der Waals surface area contributed by atoms with Crippen LogP contribution in [-0.2, 0) is 0 Å². The minimum atomic E-state index is -0.362. The number of fused-ring (bicyclic) bond motifs is 1. The Morgan fingerprint density at radius 3 is 2.43 bits per heavy atom. The maximum absolute atomic E-state index is 13.4. The minimum Gasteiger partial charge on any atom is -0.493 e. The fourth-order valence-corrected chi connectivity index (χ4v) is 4.42. The summed E-state index contributed by atoms with van der Waals surface area (Å²) < 4.78 is 16.3. The number of benzene rings is 1. The van der Waals surface area contributed by atoms with E-state index in [2.05, 4.69) is 23.8 Å².